The lowest BCUT2D eigenvalue weighted by Crippen LogP contribution is -2.20. The zero-order chi connectivity index (χ0) is 11.3. The number of hydrogen-bond donors (Lipinski definition) is 1. The molecule has 5 nitrogen and oxygen atoms in total. The maximum atomic E-state index is 11.7. The minimum Gasteiger partial charge on any atom is -0.370 e. The van der Waals surface area contributed by atoms with E-state index < -0.39 is 12.8 Å². The van der Waals surface area contributed by atoms with Crippen LogP contribution in [0.5, 0.6) is 0 Å². The highest BCUT2D eigenvalue weighted by molar-refractivity contribution is 4.81. The highest BCUT2D eigenvalue weighted by Crippen LogP contribution is 2.14. The Morgan fingerprint density at radius 1 is 1.47 bits per heavy atom. The van der Waals surface area contributed by atoms with E-state index in [0.29, 0.717) is 5.82 Å². The van der Waals surface area contributed by atoms with Gasteiger partial charge in [0.2, 0.25) is 0 Å². The van der Waals surface area contributed by atoms with Crippen molar-refractivity contribution in [3.63, 3.8) is 0 Å². The van der Waals surface area contributed by atoms with Gasteiger partial charge in [0, 0.05) is 0 Å². The van der Waals surface area contributed by atoms with Crippen molar-refractivity contribution in [2.75, 3.05) is 13.2 Å². The Morgan fingerprint density at radius 3 is 2.80 bits per heavy atom. The zero-order valence-electron chi connectivity index (χ0n) is 7.87. The first-order chi connectivity index (χ1) is 7.03. The SMILES string of the molecule is NCc1ncnn1CCOCC(F)(F)F. The second-order valence-corrected chi connectivity index (χ2v) is 2.77. The van der Waals surface area contributed by atoms with E-state index >= 15 is 0 Å². The third-order valence-corrected chi connectivity index (χ3v) is 1.59. The van der Waals surface area contributed by atoms with Crippen LogP contribution in [0.15, 0.2) is 6.33 Å². The van der Waals surface area contributed by atoms with Crippen LogP contribution >= 0.6 is 0 Å². The van der Waals surface area contributed by atoms with Gasteiger partial charge in [-0.3, -0.25) is 0 Å². The summed E-state index contributed by atoms with van der Waals surface area (Å²) in [5.74, 6) is 0.519. The Hall–Kier alpha value is -1.15. The fraction of sp³-hybridized carbons (Fsp3) is 0.714. The van der Waals surface area contributed by atoms with Crippen LogP contribution in [0, 0.1) is 0 Å². The number of rotatable bonds is 5. The number of ether oxygens (including phenoxy) is 1. The molecule has 0 fully saturated rings. The largest absolute Gasteiger partial charge is 0.411 e. The molecule has 0 atom stereocenters. The Balaban J connectivity index is 2.26. The minimum absolute atomic E-state index is 0.0735. The maximum absolute atomic E-state index is 11.7. The molecular formula is C7H11F3N4O. The molecule has 0 amide bonds. The molecule has 1 aromatic heterocycles. The van der Waals surface area contributed by atoms with Gasteiger partial charge in [0.15, 0.2) is 0 Å². The molecule has 15 heavy (non-hydrogen) atoms. The van der Waals surface area contributed by atoms with Crippen molar-refractivity contribution in [3.05, 3.63) is 12.2 Å². The third kappa shape index (κ3) is 4.26. The molecule has 0 bridgehead atoms. The van der Waals surface area contributed by atoms with Gasteiger partial charge in [-0.05, 0) is 0 Å². The molecule has 0 aliphatic heterocycles. The molecule has 1 rings (SSSR count). The Bertz CT molecular complexity index is 299. The summed E-state index contributed by atoms with van der Waals surface area (Å²) in [4.78, 5) is 3.81. The third-order valence-electron chi connectivity index (χ3n) is 1.59. The summed E-state index contributed by atoms with van der Waals surface area (Å²) in [6.07, 6.45) is -3.00. The van der Waals surface area contributed by atoms with Gasteiger partial charge < -0.3 is 10.5 Å². The van der Waals surface area contributed by atoms with Crippen LogP contribution < -0.4 is 5.73 Å². The lowest BCUT2D eigenvalue weighted by molar-refractivity contribution is -0.174. The van der Waals surface area contributed by atoms with E-state index in [0.717, 1.165) is 0 Å². The van der Waals surface area contributed by atoms with Gasteiger partial charge >= 0.3 is 6.18 Å². The van der Waals surface area contributed by atoms with E-state index in [1.54, 1.807) is 0 Å². The van der Waals surface area contributed by atoms with Crippen molar-refractivity contribution in [3.8, 4) is 0 Å². The van der Waals surface area contributed by atoms with Gasteiger partial charge in [-0.2, -0.15) is 18.3 Å². The number of halogens is 3. The predicted octanol–water partition coefficient (Wildman–Crippen LogP) is 0.316. The molecule has 2 N–H and O–H groups in total. The van der Waals surface area contributed by atoms with Crippen molar-refractivity contribution < 1.29 is 17.9 Å². The molecule has 0 aliphatic rings. The minimum atomic E-state index is -4.29. The number of nitrogens with zero attached hydrogens (tertiary/aromatic N) is 3. The Labute approximate surface area is 84.0 Å². The first-order valence-electron chi connectivity index (χ1n) is 4.24. The standard InChI is InChI=1S/C7H11F3N4O/c8-7(9,10)4-15-2-1-14-6(3-11)12-5-13-14/h5H,1-4,11H2. The lowest BCUT2D eigenvalue weighted by atomic mass is 10.6. The normalized spacial score (nSPS) is 12.0. The van der Waals surface area contributed by atoms with Crippen molar-refractivity contribution in [2.45, 2.75) is 19.3 Å². The quantitative estimate of drug-likeness (QED) is 0.731. The van der Waals surface area contributed by atoms with Gasteiger partial charge in [-0.1, -0.05) is 0 Å². The summed E-state index contributed by atoms with van der Waals surface area (Å²) in [5.41, 5.74) is 5.32. The van der Waals surface area contributed by atoms with Crippen LogP contribution in [-0.2, 0) is 17.8 Å². The lowest BCUT2D eigenvalue weighted by Gasteiger charge is -2.08. The van der Waals surface area contributed by atoms with E-state index in [1.165, 1.54) is 11.0 Å². The topological polar surface area (TPSA) is 66.0 Å². The molecule has 0 aromatic carbocycles. The zero-order valence-corrected chi connectivity index (χ0v) is 7.87. The van der Waals surface area contributed by atoms with Crippen LogP contribution in [0.3, 0.4) is 0 Å². The molecule has 0 saturated heterocycles. The molecule has 1 aromatic rings. The van der Waals surface area contributed by atoms with Crippen LogP contribution in [0.2, 0.25) is 0 Å². The molecule has 0 saturated carbocycles. The average Bonchev–Trinajstić information content (AvgIpc) is 2.58. The average molecular weight is 224 g/mol. The van der Waals surface area contributed by atoms with Gasteiger partial charge in [-0.15, -0.1) is 0 Å². The van der Waals surface area contributed by atoms with Crippen molar-refractivity contribution in [1.82, 2.24) is 14.8 Å². The van der Waals surface area contributed by atoms with Crippen LogP contribution in [0.1, 0.15) is 5.82 Å². The van der Waals surface area contributed by atoms with Crippen LogP contribution in [0.4, 0.5) is 13.2 Å². The van der Waals surface area contributed by atoms with E-state index in [9.17, 15) is 13.2 Å². The molecule has 0 spiro atoms. The summed E-state index contributed by atoms with van der Waals surface area (Å²) >= 11 is 0. The Kier molecular flexibility index (Phi) is 4.04. The molecule has 0 radical (unpaired) electrons. The predicted molar refractivity (Wildman–Crippen MR) is 44.8 cm³/mol. The van der Waals surface area contributed by atoms with E-state index in [1.807, 2.05) is 0 Å². The van der Waals surface area contributed by atoms with Gasteiger partial charge in [0.05, 0.1) is 19.7 Å². The maximum Gasteiger partial charge on any atom is 0.411 e. The number of nitrogens with two attached hydrogens (primary N) is 1. The molecule has 1 heterocycles. The summed E-state index contributed by atoms with van der Waals surface area (Å²) in [6, 6.07) is 0. The van der Waals surface area contributed by atoms with Crippen LogP contribution in [0.25, 0.3) is 0 Å². The molecule has 86 valence electrons. The highest BCUT2D eigenvalue weighted by Gasteiger charge is 2.27. The van der Waals surface area contributed by atoms with E-state index in [4.69, 9.17) is 5.73 Å². The van der Waals surface area contributed by atoms with Gasteiger partial charge in [0.25, 0.3) is 0 Å². The molecule has 0 unspecified atom stereocenters. The summed E-state index contributed by atoms with van der Waals surface area (Å²) in [5, 5.41) is 3.79. The fourth-order valence-electron chi connectivity index (χ4n) is 0.972. The summed E-state index contributed by atoms with van der Waals surface area (Å²) < 4.78 is 40.9. The fourth-order valence-corrected chi connectivity index (χ4v) is 0.972. The number of aromatic nitrogens is 3. The Morgan fingerprint density at radius 2 is 2.20 bits per heavy atom. The highest BCUT2D eigenvalue weighted by atomic mass is 19.4. The molecule has 8 heteroatoms. The van der Waals surface area contributed by atoms with Crippen molar-refractivity contribution in [2.24, 2.45) is 5.73 Å². The number of alkyl halides is 3. The second kappa shape index (κ2) is 5.08. The summed E-state index contributed by atoms with van der Waals surface area (Å²) in [7, 11) is 0. The summed E-state index contributed by atoms with van der Waals surface area (Å²) in [6.45, 7) is -0.919. The van der Waals surface area contributed by atoms with Crippen molar-refractivity contribution in [1.29, 1.82) is 0 Å². The second-order valence-electron chi connectivity index (χ2n) is 2.77. The molecule has 0 aliphatic carbocycles. The van der Waals surface area contributed by atoms with Gasteiger partial charge in [-0.25, -0.2) is 9.67 Å². The monoisotopic (exact) mass is 224 g/mol. The van der Waals surface area contributed by atoms with Crippen molar-refractivity contribution >= 4 is 0 Å². The van der Waals surface area contributed by atoms with Crippen LogP contribution in [-0.4, -0.2) is 34.2 Å². The first kappa shape index (κ1) is 11.9. The van der Waals surface area contributed by atoms with Gasteiger partial charge in [0.1, 0.15) is 18.8 Å². The first-order valence-corrected chi connectivity index (χ1v) is 4.24. The smallest absolute Gasteiger partial charge is 0.370 e. The van der Waals surface area contributed by atoms with E-state index in [-0.39, 0.29) is 19.7 Å². The number of hydrogen-bond acceptors (Lipinski definition) is 4. The molecular weight excluding hydrogens is 213 g/mol. The van der Waals surface area contributed by atoms with E-state index in [2.05, 4.69) is 14.8 Å².